The molecule has 0 saturated heterocycles. The second-order valence-electron chi connectivity index (χ2n) is 3.09. The zero-order valence-corrected chi connectivity index (χ0v) is 5.38. The van der Waals surface area contributed by atoms with Gasteiger partial charge in [-0.1, -0.05) is 5.16 Å². The van der Waals surface area contributed by atoms with Gasteiger partial charge in [0.1, 0.15) is 0 Å². The molecule has 0 amide bonds. The SMILES string of the molecule is O/N=C1\CCCC2CC12. The van der Waals surface area contributed by atoms with E-state index in [0.717, 1.165) is 18.1 Å². The van der Waals surface area contributed by atoms with E-state index < -0.39 is 0 Å². The van der Waals surface area contributed by atoms with Crippen LogP contribution >= 0.6 is 0 Å². The second kappa shape index (κ2) is 1.72. The van der Waals surface area contributed by atoms with Gasteiger partial charge in [0.15, 0.2) is 0 Å². The molecule has 2 fully saturated rings. The molecule has 2 heteroatoms. The van der Waals surface area contributed by atoms with Crippen molar-refractivity contribution < 1.29 is 5.21 Å². The normalized spacial score (nSPS) is 44.7. The van der Waals surface area contributed by atoms with Crippen molar-refractivity contribution in [1.82, 2.24) is 0 Å². The highest BCUT2D eigenvalue weighted by Crippen LogP contribution is 2.47. The standard InChI is InChI=1S/C7H11NO/c9-8-7-3-1-2-5-4-6(5)7/h5-6,9H,1-4H2/b8-7+. The monoisotopic (exact) mass is 125 g/mol. The van der Waals surface area contributed by atoms with Crippen molar-refractivity contribution in [2.24, 2.45) is 17.0 Å². The minimum Gasteiger partial charge on any atom is -0.411 e. The van der Waals surface area contributed by atoms with E-state index in [1.54, 1.807) is 0 Å². The summed E-state index contributed by atoms with van der Waals surface area (Å²) in [4.78, 5) is 0. The van der Waals surface area contributed by atoms with Crippen LogP contribution in [0.3, 0.4) is 0 Å². The van der Waals surface area contributed by atoms with Crippen LogP contribution in [0.4, 0.5) is 0 Å². The van der Waals surface area contributed by atoms with Gasteiger partial charge >= 0.3 is 0 Å². The zero-order chi connectivity index (χ0) is 6.27. The first kappa shape index (κ1) is 5.27. The molecule has 0 radical (unpaired) electrons. The number of hydrogen-bond donors (Lipinski definition) is 1. The molecule has 2 atom stereocenters. The minimum atomic E-state index is 0.684. The van der Waals surface area contributed by atoms with Gasteiger partial charge in [-0.3, -0.25) is 0 Å². The summed E-state index contributed by atoms with van der Waals surface area (Å²) in [5.74, 6) is 1.58. The molecule has 50 valence electrons. The lowest BCUT2D eigenvalue weighted by Crippen LogP contribution is -2.08. The van der Waals surface area contributed by atoms with Gasteiger partial charge in [-0.15, -0.1) is 0 Å². The molecular weight excluding hydrogens is 114 g/mol. The first-order valence-corrected chi connectivity index (χ1v) is 3.62. The average molecular weight is 125 g/mol. The van der Waals surface area contributed by atoms with Crippen LogP contribution in [0.1, 0.15) is 25.7 Å². The van der Waals surface area contributed by atoms with E-state index in [1.165, 1.54) is 19.3 Å². The van der Waals surface area contributed by atoms with Crippen molar-refractivity contribution in [1.29, 1.82) is 0 Å². The molecule has 9 heavy (non-hydrogen) atoms. The summed E-state index contributed by atoms with van der Waals surface area (Å²) in [6.45, 7) is 0. The smallest absolute Gasteiger partial charge is 0.0604 e. The molecule has 0 aliphatic heterocycles. The lowest BCUT2D eigenvalue weighted by atomic mass is 9.99. The Morgan fingerprint density at radius 1 is 1.56 bits per heavy atom. The topological polar surface area (TPSA) is 32.6 Å². The Kier molecular flexibility index (Phi) is 1.01. The fourth-order valence-corrected chi connectivity index (χ4v) is 1.83. The molecule has 0 heterocycles. The molecule has 0 spiro atoms. The molecule has 1 N–H and O–H groups in total. The van der Waals surface area contributed by atoms with Gasteiger partial charge in [0.25, 0.3) is 0 Å². The van der Waals surface area contributed by atoms with Crippen molar-refractivity contribution in [2.45, 2.75) is 25.7 Å². The van der Waals surface area contributed by atoms with E-state index in [0.29, 0.717) is 5.92 Å². The lowest BCUT2D eigenvalue weighted by molar-refractivity contribution is 0.313. The van der Waals surface area contributed by atoms with Gasteiger partial charge in [0.05, 0.1) is 5.71 Å². The molecular formula is C7H11NO. The number of rotatable bonds is 0. The number of fused-ring (bicyclic) bond motifs is 1. The summed E-state index contributed by atoms with van der Waals surface area (Å²) in [6.07, 6.45) is 4.93. The van der Waals surface area contributed by atoms with Gasteiger partial charge in [-0.25, -0.2) is 0 Å². The predicted molar refractivity (Wildman–Crippen MR) is 34.7 cm³/mol. The van der Waals surface area contributed by atoms with E-state index in [9.17, 15) is 0 Å². The van der Waals surface area contributed by atoms with E-state index >= 15 is 0 Å². The molecule has 2 nitrogen and oxygen atoms in total. The fraction of sp³-hybridized carbons (Fsp3) is 0.857. The molecule has 0 aromatic heterocycles. The van der Waals surface area contributed by atoms with Gasteiger partial charge in [-0.05, 0) is 31.6 Å². The summed E-state index contributed by atoms with van der Waals surface area (Å²) in [7, 11) is 0. The summed E-state index contributed by atoms with van der Waals surface area (Å²) in [6, 6.07) is 0. The Morgan fingerprint density at radius 3 is 3.11 bits per heavy atom. The number of hydrogen-bond acceptors (Lipinski definition) is 2. The number of nitrogens with zero attached hydrogens (tertiary/aromatic N) is 1. The Bertz CT molecular complexity index is 153. The Morgan fingerprint density at radius 2 is 2.44 bits per heavy atom. The highest BCUT2D eigenvalue weighted by Gasteiger charge is 2.43. The zero-order valence-electron chi connectivity index (χ0n) is 5.38. The molecule has 0 aromatic carbocycles. The van der Waals surface area contributed by atoms with Crippen molar-refractivity contribution in [3.05, 3.63) is 0 Å². The molecule has 2 saturated carbocycles. The predicted octanol–water partition coefficient (Wildman–Crippen LogP) is 1.64. The summed E-state index contributed by atoms with van der Waals surface area (Å²) >= 11 is 0. The third-order valence-electron chi connectivity index (χ3n) is 2.49. The van der Waals surface area contributed by atoms with Crippen LogP contribution in [0.15, 0.2) is 5.16 Å². The molecule has 0 bridgehead atoms. The maximum absolute atomic E-state index is 8.48. The third kappa shape index (κ3) is 0.732. The fourth-order valence-electron chi connectivity index (χ4n) is 1.83. The number of oxime groups is 1. The van der Waals surface area contributed by atoms with Crippen molar-refractivity contribution in [2.75, 3.05) is 0 Å². The lowest BCUT2D eigenvalue weighted by Gasteiger charge is -2.08. The van der Waals surface area contributed by atoms with Crippen LogP contribution in [0.5, 0.6) is 0 Å². The van der Waals surface area contributed by atoms with Crippen LogP contribution in [0, 0.1) is 11.8 Å². The average Bonchev–Trinajstić information content (AvgIpc) is 2.64. The van der Waals surface area contributed by atoms with Crippen LogP contribution in [0.25, 0.3) is 0 Å². The maximum atomic E-state index is 8.48. The molecule has 0 aromatic rings. The van der Waals surface area contributed by atoms with Crippen molar-refractivity contribution >= 4 is 5.71 Å². The molecule has 2 aliphatic carbocycles. The van der Waals surface area contributed by atoms with E-state index in [1.807, 2.05) is 0 Å². The summed E-state index contributed by atoms with van der Waals surface area (Å²) in [5.41, 5.74) is 1.06. The molecule has 2 unspecified atom stereocenters. The van der Waals surface area contributed by atoms with Crippen molar-refractivity contribution in [3.63, 3.8) is 0 Å². The quantitative estimate of drug-likeness (QED) is 0.387. The van der Waals surface area contributed by atoms with Crippen LogP contribution in [0.2, 0.25) is 0 Å². The minimum absolute atomic E-state index is 0.684. The first-order chi connectivity index (χ1) is 4.42. The van der Waals surface area contributed by atoms with E-state index in [-0.39, 0.29) is 0 Å². The highest BCUT2D eigenvalue weighted by atomic mass is 16.4. The summed E-state index contributed by atoms with van der Waals surface area (Å²) in [5, 5.41) is 11.8. The van der Waals surface area contributed by atoms with Crippen LogP contribution in [-0.4, -0.2) is 10.9 Å². The first-order valence-electron chi connectivity index (χ1n) is 3.62. The van der Waals surface area contributed by atoms with Gasteiger partial charge in [0, 0.05) is 5.92 Å². The Labute approximate surface area is 54.6 Å². The largest absolute Gasteiger partial charge is 0.411 e. The highest BCUT2D eigenvalue weighted by molar-refractivity contribution is 5.89. The third-order valence-corrected chi connectivity index (χ3v) is 2.49. The van der Waals surface area contributed by atoms with Gasteiger partial charge < -0.3 is 5.21 Å². The van der Waals surface area contributed by atoms with E-state index in [4.69, 9.17) is 5.21 Å². The molecule has 2 rings (SSSR count). The van der Waals surface area contributed by atoms with Crippen molar-refractivity contribution in [3.8, 4) is 0 Å². The van der Waals surface area contributed by atoms with Gasteiger partial charge in [0.2, 0.25) is 0 Å². The molecule has 2 aliphatic rings. The maximum Gasteiger partial charge on any atom is 0.0604 e. The summed E-state index contributed by atoms with van der Waals surface area (Å²) < 4.78 is 0. The second-order valence-corrected chi connectivity index (χ2v) is 3.09. The van der Waals surface area contributed by atoms with Crippen LogP contribution in [-0.2, 0) is 0 Å². The van der Waals surface area contributed by atoms with Crippen LogP contribution < -0.4 is 0 Å². The Hall–Kier alpha value is -0.530. The van der Waals surface area contributed by atoms with Gasteiger partial charge in [-0.2, -0.15) is 0 Å². The Balaban J connectivity index is 2.09. The van der Waals surface area contributed by atoms with E-state index in [2.05, 4.69) is 5.16 Å².